The molecule has 17 heavy (non-hydrogen) atoms. The van der Waals surface area contributed by atoms with Gasteiger partial charge in [0.2, 0.25) is 5.91 Å². The molecule has 0 atom stereocenters. The Labute approximate surface area is 102 Å². The summed E-state index contributed by atoms with van der Waals surface area (Å²) < 4.78 is 0. The Bertz CT molecular complexity index is 386. The van der Waals surface area contributed by atoms with Crippen LogP contribution in [0.4, 0.5) is 0 Å². The molecule has 1 saturated heterocycles. The van der Waals surface area contributed by atoms with E-state index < -0.39 is 0 Å². The Kier molecular flexibility index (Phi) is 4.09. The summed E-state index contributed by atoms with van der Waals surface area (Å²) in [5.41, 5.74) is 2.18. The van der Waals surface area contributed by atoms with Crippen molar-refractivity contribution in [3.05, 3.63) is 29.6 Å². The maximum Gasteiger partial charge on any atom is 0.236 e. The predicted octanol–water partition coefficient (Wildman–Crippen LogP) is 1.10. The fourth-order valence-electron chi connectivity index (χ4n) is 2.07. The van der Waals surface area contributed by atoms with E-state index in [0.717, 1.165) is 37.2 Å². The minimum Gasteiger partial charge on any atom is -0.342 e. The van der Waals surface area contributed by atoms with Crippen LogP contribution in [0.25, 0.3) is 0 Å². The van der Waals surface area contributed by atoms with Crippen molar-refractivity contribution in [1.82, 2.24) is 15.2 Å². The zero-order valence-electron chi connectivity index (χ0n) is 10.3. The molecule has 0 spiro atoms. The van der Waals surface area contributed by atoms with Crippen molar-refractivity contribution in [3.8, 4) is 0 Å². The third-order valence-corrected chi connectivity index (χ3v) is 3.15. The van der Waals surface area contributed by atoms with E-state index in [2.05, 4.69) is 10.3 Å². The second kappa shape index (κ2) is 5.77. The normalized spacial score (nSPS) is 15.2. The Morgan fingerprint density at radius 3 is 2.94 bits per heavy atom. The molecule has 1 aliphatic rings. The van der Waals surface area contributed by atoms with Gasteiger partial charge >= 0.3 is 0 Å². The molecule has 1 amide bonds. The quantitative estimate of drug-likeness (QED) is 0.847. The molecular formula is C13H19N3O. The van der Waals surface area contributed by atoms with E-state index >= 15 is 0 Å². The van der Waals surface area contributed by atoms with E-state index in [1.807, 2.05) is 24.0 Å². The lowest BCUT2D eigenvalue weighted by atomic mass is 10.2. The molecule has 0 aromatic carbocycles. The van der Waals surface area contributed by atoms with Crippen LogP contribution in [0, 0.1) is 6.92 Å². The number of hydrogen-bond donors (Lipinski definition) is 1. The van der Waals surface area contributed by atoms with Crippen molar-refractivity contribution in [1.29, 1.82) is 0 Å². The highest BCUT2D eigenvalue weighted by molar-refractivity contribution is 5.78. The largest absolute Gasteiger partial charge is 0.342 e. The highest BCUT2D eigenvalue weighted by atomic mass is 16.2. The highest BCUT2D eigenvalue weighted by Crippen LogP contribution is 2.07. The van der Waals surface area contributed by atoms with Crippen LogP contribution in [0.3, 0.4) is 0 Å². The van der Waals surface area contributed by atoms with Gasteiger partial charge in [-0.15, -0.1) is 0 Å². The maximum absolute atomic E-state index is 11.8. The van der Waals surface area contributed by atoms with Crippen molar-refractivity contribution in [2.75, 3.05) is 19.6 Å². The zero-order chi connectivity index (χ0) is 12.1. The van der Waals surface area contributed by atoms with Crippen LogP contribution in [0.15, 0.2) is 18.3 Å². The zero-order valence-corrected chi connectivity index (χ0v) is 10.3. The van der Waals surface area contributed by atoms with Crippen molar-refractivity contribution < 1.29 is 4.79 Å². The van der Waals surface area contributed by atoms with Gasteiger partial charge in [-0.1, -0.05) is 6.07 Å². The lowest BCUT2D eigenvalue weighted by Crippen LogP contribution is -2.36. The van der Waals surface area contributed by atoms with Crippen LogP contribution in [0.5, 0.6) is 0 Å². The molecule has 1 aromatic heterocycles. The molecule has 4 nitrogen and oxygen atoms in total. The number of nitrogens with one attached hydrogen (secondary N) is 1. The number of pyridine rings is 1. The van der Waals surface area contributed by atoms with Gasteiger partial charge in [-0.25, -0.2) is 0 Å². The van der Waals surface area contributed by atoms with Crippen LogP contribution < -0.4 is 5.32 Å². The molecule has 0 aliphatic carbocycles. The van der Waals surface area contributed by atoms with Gasteiger partial charge in [0.25, 0.3) is 0 Å². The van der Waals surface area contributed by atoms with Crippen molar-refractivity contribution >= 4 is 5.91 Å². The summed E-state index contributed by atoms with van der Waals surface area (Å²) >= 11 is 0. The lowest BCUT2D eigenvalue weighted by Gasteiger charge is -2.15. The number of carbonyl (C=O) groups is 1. The van der Waals surface area contributed by atoms with Gasteiger partial charge in [-0.05, 0) is 31.4 Å². The molecule has 92 valence electrons. The van der Waals surface area contributed by atoms with Crippen molar-refractivity contribution in [3.63, 3.8) is 0 Å². The van der Waals surface area contributed by atoms with E-state index in [-0.39, 0.29) is 5.91 Å². The van der Waals surface area contributed by atoms with Crippen LogP contribution >= 0.6 is 0 Å². The molecule has 1 fully saturated rings. The second-order valence-electron chi connectivity index (χ2n) is 4.46. The molecule has 0 unspecified atom stereocenters. The summed E-state index contributed by atoms with van der Waals surface area (Å²) in [5.74, 6) is 0.205. The Morgan fingerprint density at radius 2 is 2.24 bits per heavy atom. The van der Waals surface area contributed by atoms with Crippen molar-refractivity contribution in [2.24, 2.45) is 0 Å². The number of hydrogen-bond acceptors (Lipinski definition) is 3. The third-order valence-electron chi connectivity index (χ3n) is 3.15. The number of amides is 1. The first-order valence-corrected chi connectivity index (χ1v) is 6.16. The summed E-state index contributed by atoms with van der Waals surface area (Å²) in [6.07, 6.45) is 4.07. The van der Waals surface area contributed by atoms with E-state index in [1.54, 1.807) is 6.20 Å². The van der Waals surface area contributed by atoms with E-state index in [1.165, 1.54) is 0 Å². The first-order valence-electron chi connectivity index (χ1n) is 6.16. The van der Waals surface area contributed by atoms with Gasteiger partial charge in [0.05, 0.1) is 12.2 Å². The molecule has 1 N–H and O–H groups in total. The van der Waals surface area contributed by atoms with Crippen LogP contribution in [0.2, 0.25) is 0 Å². The Hall–Kier alpha value is -1.42. The van der Waals surface area contributed by atoms with Gasteiger partial charge < -0.3 is 10.2 Å². The molecule has 1 aromatic rings. The molecule has 4 heteroatoms. The topological polar surface area (TPSA) is 45.2 Å². The molecule has 0 bridgehead atoms. The number of carbonyl (C=O) groups excluding carboxylic acids is 1. The van der Waals surface area contributed by atoms with Crippen LogP contribution in [-0.2, 0) is 11.3 Å². The highest BCUT2D eigenvalue weighted by Gasteiger charge is 2.16. The molecule has 0 radical (unpaired) electrons. The van der Waals surface area contributed by atoms with Crippen molar-refractivity contribution in [2.45, 2.75) is 26.3 Å². The smallest absolute Gasteiger partial charge is 0.236 e. The summed E-state index contributed by atoms with van der Waals surface area (Å²) in [7, 11) is 0. The van der Waals surface area contributed by atoms with E-state index in [4.69, 9.17) is 0 Å². The lowest BCUT2D eigenvalue weighted by molar-refractivity contribution is -0.129. The predicted molar refractivity (Wildman–Crippen MR) is 66.5 cm³/mol. The Morgan fingerprint density at radius 1 is 1.47 bits per heavy atom. The minimum atomic E-state index is 0.205. The van der Waals surface area contributed by atoms with Crippen LogP contribution in [0.1, 0.15) is 24.1 Å². The standard InChI is InChI=1S/C13H19N3O/c1-11-5-4-6-15-12(11)9-14-10-13(17)16-7-2-3-8-16/h4-6,14H,2-3,7-10H2,1H3. The Balaban J connectivity index is 1.76. The van der Waals surface area contributed by atoms with Gasteiger partial charge in [0, 0.05) is 25.8 Å². The average Bonchev–Trinajstić information content (AvgIpc) is 2.85. The first-order chi connectivity index (χ1) is 8.27. The SMILES string of the molecule is Cc1cccnc1CNCC(=O)N1CCCC1. The molecular weight excluding hydrogens is 214 g/mol. The summed E-state index contributed by atoms with van der Waals surface area (Å²) in [6, 6.07) is 3.96. The third kappa shape index (κ3) is 3.27. The molecule has 1 aliphatic heterocycles. The number of rotatable bonds is 4. The van der Waals surface area contributed by atoms with Gasteiger partial charge in [0.15, 0.2) is 0 Å². The van der Waals surface area contributed by atoms with Gasteiger partial charge in [-0.2, -0.15) is 0 Å². The summed E-state index contributed by atoms with van der Waals surface area (Å²) in [6.45, 7) is 4.95. The fourth-order valence-corrected chi connectivity index (χ4v) is 2.07. The van der Waals surface area contributed by atoms with E-state index in [9.17, 15) is 4.79 Å². The molecule has 0 saturated carbocycles. The number of aromatic nitrogens is 1. The minimum absolute atomic E-state index is 0.205. The number of nitrogens with zero attached hydrogens (tertiary/aromatic N) is 2. The molecule has 2 heterocycles. The number of likely N-dealkylation sites (tertiary alicyclic amines) is 1. The fraction of sp³-hybridized carbons (Fsp3) is 0.538. The first kappa shape index (κ1) is 12.0. The summed E-state index contributed by atoms with van der Waals surface area (Å²) in [5, 5.41) is 3.17. The van der Waals surface area contributed by atoms with E-state index in [0.29, 0.717) is 13.1 Å². The summed E-state index contributed by atoms with van der Waals surface area (Å²) in [4.78, 5) is 18.0. The molecule has 2 rings (SSSR count). The maximum atomic E-state index is 11.8. The van der Waals surface area contributed by atoms with Gasteiger partial charge in [0.1, 0.15) is 0 Å². The second-order valence-corrected chi connectivity index (χ2v) is 4.46. The van der Waals surface area contributed by atoms with Gasteiger partial charge in [-0.3, -0.25) is 9.78 Å². The number of aryl methyl sites for hydroxylation is 1. The monoisotopic (exact) mass is 233 g/mol. The average molecular weight is 233 g/mol. The van der Waals surface area contributed by atoms with Crippen LogP contribution in [-0.4, -0.2) is 35.4 Å².